The topological polar surface area (TPSA) is 101 Å². The minimum absolute atomic E-state index is 0.0215. The number of carbonyl (C=O) groups excluding carboxylic acids is 1. The van der Waals surface area contributed by atoms with Crippen molar-refractivity contribution in [1.29, 1.82) is 0 Å². The number of aryl methyl sites for hydroxylation is 1. The van der Waals surface area contributed by atoms with Crippen LogP contribution in [0.2, 0.25) is 0 Å². The Balaban J connectivity index is 2.11. The van der Waals surface area contributed by atoms with E-state index in [1.165, 1.54) is 7.11 Å². The van der Waals surface area contributed by atoms with Crippen molar-refractivity contribution in [3.8, 4) is 0 Å². The van der Waals surface area contributed by atoms with Gasteiger partial charge in [-0.2, -0.15) is 0 Å². The number of aromatic nitrogens is 2. The molecule has 0 fully saturated rings. The molecule has 1 aliphatic carbocycles. The van der Waals surface area contributed by atoms with Crippen molar-refractivity contribution >= 4 is 17.8 Å². The summed E-state index contributed by atoms with van der Waals surface area (Å²) in [5, 5.41) is 12.0. The number of methoxy groups -OCH3 is 1. The number of ether oxygens (including phenoxy) is 1. The fourth-order valence-corrected chi connectivity index (χ4v) is 2.00. The largest absolute Gasteiger partial charge is 0.481 e. The molecular formula is C13H15N3O4. The summed E-state index contributed by atoms with van der Waals surface area (Å²) in [7, 11) is 1.26. The molecule has 1 aromatic heterocycles. The summed E-state index contributed by atoms with van der Waals surface area (Å²) in [5.41, 5.74) is 0.625. The molecule has 106 valence electrons. The van der Waals surface area contributed by atoms with Gasteiger partial charge in [0, 0.05) is 17.8 Å². The first-order valence-electron chi connectivity index (χ1n) is 6.11. The highest BCUT2D eigenvalue weighted by molar-refractivity contribution is 5.85. The van der Waals surface area contributed by atoms with Crippen molar-refractivity contribution in [3.63, 3.8) is 0 Å². The van der Waals surface area contributed by atoms with Gasteiger partial charge in [-0.1, -0.05) is 12.2 Å². The Bertz CT molecular complexity index is 571. The molecule has 0 amide bonds. The number of anilines is 1. The molecule has 7 nitrogen and oxygen atoms in total. The Kier molecular flexibility index (Phi) is 3.97. The lowest BCUT2D eigenvalue weighted by Gasteiger charge is -2.13. The van der Waals surface area contributed by atoms with Gasteiger partial charge in [-0.05, 0) is 13.3 Å². The Labute approximate surface area is 115 Å². The Hall–Kier alpha value is -2.44. The predicted molar refractivity (Wildman–Crippen MR) is 70.4 cm³/mol. The molecule has 0 aromatic carbocycles. The van der Waals surface area contributed by atoms with E-state index >= 15 is 0 Å². The van der Waals surface area contributed by atoms with Gasteiger partial charge in [0.25, 0.3) is 0 Å². The average molecular weight is 277 g/mol. The third-order valence-electron chi connectivity index (χ3n) is 2.96. The fraction of sp³-hybridized carbons (Fsp3) is 0.385. The zero-order valence-electron chi connectivity index (χ0n) is 11.2. The molecule has 1 aliphatic rings. The SMILES string of the molecule is COC(=O)c1nc(C)cc(NC2C=CC(C(=O)O)C2)n1. The first kappa shape index (κ1) is 14.0. The highest BCUT2D eigenvalue weighted by atomic mass is 16.5. The van der Waals surface area contributed by atoms with Crippen LogP contribution < -0.4 is 5.32 Å². The maximum absolute atomic E-state index is 11.4. The van der Waals surface area contributed by atoms with Crippen LogP contribution in [0, 0.1) is 12.8 Å². The molecule has 2 rings (SSSR count). The molecule has 0 saturated heterocycles. The van der Waals surface area contributed by atoms with Crippen molar-refractivity contribution in [2.24, 2.45) is 5.92 Å². The summed E-state index contributed by atoms with van der Waals surface area (Å²) in [6.45, 7) is 1.74. The van der Waals surface area contributed by atoms with Gasteiger partial charge in [0.05, 0.1) is 13.0 Å². The van der Waals surface area contributed by atoms with Crippen LogP contribution in [0.15, 0.2) is 18.2 Å². The number of esters is 1. The number of rotatable bonds is 4. The van der Waals surface area contributed by atoms with E-state index in [4.69, 9.17) is 5.11 Å². The third kappa shape index (κ3) is 3.11. The number of nitrogens with zero attached hydrogens (tertiary/aromatic N) is 2. The average Bonchev–Trinajstić information content (AvgIpc) is 2.85. The van der Waals surface area contributed by atoms with Crippen molar-refractivity contribution in [1.82, 2.24) is 9.97 Å². The molecule has 1 heterocycles. The van der Waals surface area contributed by atoms with E-state index < -0.39 is 17.9 Å². The summed E-state index contributed by atoms with van der Waals surface area (Å²) >= 11 is 0. The van der Waals surface area contributed by atoms with Crippen LogP contribution in [0.5, 0.6) is 0 Å². The van der Waals surface area contributed by atoms with E-state index in [1.807, 2.05) is 0 Å². The van der Waals surface area contributed by atoms with Crippen LogP contribution in [0.25, 0.3) is 0 Å². The lowest BCUT2D eigenvalue weighted by molar-refractivity contribution is -0.140. The van der Waals surface area contributed by atoms with Crippen LogP contribution in [-0.2, 0) is 9.53 Å². The highest BCUT2D eigenvalue weighted by Crippen LogP contribution is 2.21. The van der Waals surface area contributed by atoms with E-state index in [2.05, 4.69) is 20.0 Å². The van der Waals surface area contributed by atoms with Crippen LogP contribution >= 0.6 is 0 Å². The second kappa shape index (κ2) is 5.68. The molecule has 0 spiro atoms. The predicted octanol–water partition coefficient (Wildman–Crippen LogP) is 1.01. The van der Waals surface area contributed by atoms with E-state index in [-0.39, 0.29) is 11.9 Å². The van der Waals surface area contributed by atoms with E-state index in [0.717, 1.165) is 0 Å². The molecule has 2 N–H and O–H groups in total. The standard InChI is InChI=1S/C13H15N3O4/c1-7-5-10(16-11(14-7)13(19)20-2)15-9-4-3-8(6-9)12(17)18/h3-5,8-9H,6H2,1-2H3,(H,17,18)(H,14,15,16). The molecule has 1 aromatic rings. The Morgan fingerprint density at radius 3 is 2.75 bits per heavy atom. The minimum Gasteiger partial charge on any atom is -0.481 e. The second-order valence-electron chi connectivity index (χ2n) is 4.53. The first-order valence-corrected chi connectivity index (χ1v) is 6.11. The monoisotopic (exact) mass is 277 g/mol. The quantitative estimate of drug-likeness (QED) is 0.625. The third-order valence-corrected chi connectivity index (χ3v) is 2.96. The number of nitrogens with one attached hydrogen (secondary N) is 1. The van der Waals surface area contributed by atoms with E-state index in [0.29, 0.717) is 17.9 Å². The zero-order valence-corrected chi connectivity index (χ0v) is 11.2. The number of carboxylic acid groups (broad SMARTS) is 1. The number of aliphatic carboxylic acids is 1. The van der Waals surface area contributed by atoms with Crippen LogP contribution in [-0.4, -0.2) is 40.2 Å². The van der Waals surface area contributed by atoms with Crippen molar-refractivity contribution in [3.05, 3.63) is 29.7 Å². The van der Waals surface area contributed by atoms with E-state index in [9.17, 15) is 9.59 Å². The Morgan fingerprint density at radius 1 is 1.40 bits per heavy atom. The Morgan fingerprint density at radius 2 is 2.15 bits per heavy atom. The molecular weight excluding hydrogens is 262 g/mol. The highest BCUT2D eigenvalue weighted by Gasteiger charge is 2.24. The number of carbonyl (C=O) groups is 2. The van der Waals surface area contributed by atoms with Gasteiger partial charge in [-0.25, -0.2) is 14.8 Å². The van der Waals surface area contributed by atoms with Gasteiger partial charge in [0.2, 0.25) is 5.82 Å². The lowest BCUT2D eigenvalue weighted by atomic mass is 10.1. The van der Waals surface area contributed by atoms with Gasteiger partial charge in [-0.15, -0.1) is 0 Å². The summed E-state index contributed by atoms with van der Waals surface area (Å²) < 4.78 is 4.58. The molecule has 20 heavy (non-hydrogen) atoms. The summed E-state index contributed by atoms with van der Waals surface area (Å²) in [6, 6.07) is 1.56. The zero-order chi connectivity index (χ0) is 14.7. The summed E-state index contributed by atoms with van der Waals surface area (Å²) in [6.07, 6.45) is 3.88. The molecule has 7 heteroatoms. The van der Waals surface area contributed by atoms with Crippen molar-refractivity contribution in [2.45, 2.75) is 19.4 Å². The normalized spacial score (nSPS) is 20.7. The number of hydrogen-bond donors (Lipinski definition) is 2. The smallest absolute Gasteiger partial charge is 0.376 e. The number of carboxylic acids is 1. The molecule has 0 radical (unpaired) electrons. The fourth-order valence-electron chi connectivity index (χ4n) is 2.00. The van der Waals surface area contributed by atoms with Gasteiger partial charge in [0.15, 0.2) is 0 Å². The summed E-state index contributed by atoms with van der Waals surface area (Å²) in [5.74, 6) is -1.50. The van der Waals surface area contributed by atoms with Crippen molar-refractivity contribution < 1.29 is 19.4 Å². The van der Waals surface area contributed by atoms with Gasteiger partial charge >= 0.3 is 11.9 Å². The van der Waals surface area contributed by atoms with Gasteiger partial charge in [-0.3, -0.25) is 4.79 Å². The van der Waals surface area contributed by atoms with E-state index in [1.54, 1.807) is 25.1 Å². The van der Waals surface area contributed by atoms with Crippen LogP contribution in [0.4, 0.5) is 5.82 Å². The molecule has 2 atom stereocenters. The van der Waals surface area contributed by atoms with Gasteiger partial charge < -0.3 is 15.2 Å². The van der Waals surface area contributed by atoms with Crippen LogP contribution in [0.1, 0.15) is 22.7 Å². The van der Waals surface area contributed by atoms with Gasteiger partial charge in [0.1, 0.15) is 5.82 Å². The van der Waals surface area contributed by atoms with Crippen LogP contribution in [0.3, 0.4) is 0 Å². The molecule has 0 aliphatic heterocycles. The number of hydrogen-bond acceptors (Lipinski definition) is 6. The lowest BCUT2D eigenvalue weighted by Crippen LogP contribution is -2.20. The second-order valence-corrected chi connectivity index (χ2v) is 4.53. The minimum atomic E-state index is -0.848. The van der Waals surface area contributed by atoms with Crippen molar-refractivity contribution in [2.75, 3.05) is 12.4 Å². The summed E-state index contributed by atoms with van der Waals surface area (Å²) in [4.78, 5) is 30.3. The first-order chi connectivity index (χ1) is 9.49. The molecule has 0 saturated carbocycles. The maximum Gasteiger partial charge on any atom is 0.376 e. The maximum atomic E-state index is 11.4. The molecule has 2 unspecified atom stereocenters. The molecule has 0 bridgehead atoms.